The van der Waals surface area contributed by atoms with Crippen LogP contribution >= 0.6 is 0 Å². The van der Waals surface area contributed by atoms with Crippen LogP contribution in [0.2, 0.25) is 0 Å². The minimum atomic E-state index is 0. The summed E-state index contributed by atoms with van der Waals surface area (Å²) in [5.41, 5.74) is 10.5. The van der Waals surface area contributed by atoms with Crippen LogP contribution in [-0.4, -0.2) is 18.5 Å². The van der Waals surface area contributed by atoms with Gasteiger partial charge >= 0.3 is 0 Å². The van der Waals surface area contributed by atoms with E-state index in [0.29, 0.717) is 6.54 Å². The predicted octanol–water partition coefficient (Wildman–Crippen LogP) is 0.284. The van der Waals surface area contributed by atoms with Gasteiger partial charge in [0.1, 0.15) is 0 Å². The molecule has 5 nitrogen and oxygen atoms in total. The van der Waals surface area contributed by atoms with Gasteiger partial charge in [-0.1, -0.05) is 14.9 Å². The Balaban J connectivity index is -0.0000000675. The fourth-order valence-corrected chi connectivity index (χ4v) is 0.381. The van der Waals surface area contributed by atoms with E-state index >= 15 is 0 Å². The summed E-state index contributed by atoms with van der Waals surface area (Å²) < 4.78 is 0. The van der Waals surface area contributed by atoms with E-state index in [4.69, 9.17) is 11.5 Å². The average Bonchev–Trinajstić information content (AvgIpc) is 1.88. The number of hydrogen-bond acceptors (Lipinski definition) is 2. The number of nitrogens with one attached hydrogen (secondary N) is 1. The third-order valence-corrected chi connectivity index (χ3v) is 0.755. The van der Waals surface area contributed by atoms with Crippen LogP contribution in [0, 0.1) is 7.05 Å². The van der Waals surface area contributed by atoms with Gasteiger partial charge in [0, 0.05) is 77.9 Å². The molecule has 14 heavy (non-hydrogen) atoms. The summed E-state index contributed by atoms with van der Waals surface area (Å²) in [5.74, 6) is 0.419. The molecular formula is C7H20N5Y2-. The third kappa shape index (κ3) is 18.6. The van der Waals surface area contributed by atoms with Gasteiger partial charge in [0.2, 0.25) is 0 Å². The van der Waals surface area contributed by atoms with Gasteiger partial charge in [-0.25, -0.2) is 0 Å². The van der Waals surface area contributed by atoms with Gasteiger partial charge in [0.05, 0.1) is 0 Å². The second-order valence-corrected chi connectivity index (χ2v) is 1.53. The summed E-state index contributed by atoms with van der Waals surface area (Å²) in [5, 5.41) is 2.52. The number of nitrogens with zero attached hydrogens (tertiary/aromatic N) is 2. The van der Waals surface area contributed by atoms with E-state index in [2.05, 4.69) is 22.3 Å². The summed E-state index contributed by atoms with van der Waals surface area (Å²) in [6.45, 7) is 2.48. The van der Waals surface area contributed by atoms with Crippen molar-refractivity contribution in [2.75, 3.05) is 6.54 Å². The van der Waals surface area contributed by atoms with Crippen LogP contribution in [0.3, 0.4) is 0 Å². The number of hydrogen-bond donors (Lipinski definition) is 3. The quantitative estimate of drug-likeness (QED) is 0.360. The molecule has 0 saturated heterocycles. The van der Waals surface area contributed by atoms with Gasteiger partial charge in [0.25, 0.3) is 0 Å². The zero-order valence-electron chi connectivity index (χ0n) is 7.12. The standard InChI is InChI=1S/C5H12N5.2CH4.2Y/c1-3-9-5(7)10-4(6)8-2;;;;/h2-3H2,1H3,(H5,6,7,8,9,10);2*1H4;;/q-1;;;;. The van der Waals surface area contributed by atoms with E-state index in [0.717, 1.165) is 0 Å². The maximum atomic E-state index is 5.31. The molecule has 80 valence electrons. The van der Waals surface area contributed by atoms with Gasteiger partial charge < -0.3 is 21.8 Å². The zero-order chi connectivity index (χ0) is 7.98. The average molecular weight is 352 g/mol. The Morgan fingerprint density at radius 3 is 1.93 bits per heavy atom. The van der Waals surface area contributed by atoms with E-state index in [1.807, 2.05) is 6.92 Å². The molecule has 0 rings (SSSR count). The van der Waals surface area contributed by atoms with Crippen LogP contribution in [-0.2, 0) is 65.4 Å². The minimum Gasteiger partial charge on any atom is -0.446 e. The molecule has 0 aromatic heterocycles. The first-order chi connectivity index (χ1) is 4.70. The smallest absolute Gasteiger partial charge is 0.178 e. The van der Waals surface area contributed by atoms with Crippen LogP contribution in [0.5, 0.6) is 0 Å². The maximum Gasteiger partial charge on any atom is 0.178 e. The van der Waals surface area contributed by atoms with Crippen molar-refractivity contribution in [1.29, 1.82) is 0 Å². The van der Waals surface area contributed by atoms with Crippen molar-refractivity contribution in [3.05, 3.63) is 7.05 Å². The van der Waals surface area contributed by atoms with E-state index in [-0.39, 0.29) is 92.2 Å². The largest absolute Gasteiger partial charge is 0.446 e. The SMILES string of the molecule is C.C.[CH2-]N=C(N)NC(N)=NCC.[Y].[Y]. The minimum absolute atomic E-state index is 0. The number of guanidine groups is 2. The first-order valence-electron chi connectivity index (χ1n) is 2.86. The molecule has 0 aliphatic heterocycles. The fraction of sp³-hybridized carbons (Fsp3) is 0.571. The number of aliphatic imine (C=N–C) groups is 2. The van der Waals surface area contributed by atoms with Crippen molar-refractivity contribution in [2.24, 2.45) is 21.5 Å². The second-order valence-electron chi connectivity index (χ2n) is 1.53. The molecule has 0 fully saturated rings. The molecule has 0 aromatic rings. The Morgan fingerprint density at radius 1 is 1.21 bits per heavy atom. The van der Waals surface area contributed by atoms with Crippen molar-refractivity contribution >= 4 is 11.9 Å². The first-order valence-corrected chi connectivity index (χ1v) is 2.86. The molecule has 0 spiro atoms. The van der Waals surface area contributed by atoms with Crippen LogP contribution in [0.25, 0.3) is 0 Å². The predicted molar refractivity (Wildman–Crippen MR) is 55.7 cm³/mol. The monoisotopic (exact) mass is 352 g/mol. The molecule has 0 aromatic carbocycles. The van der Waals surface area contributed by atoms with Gasteiger partial charge in [-0.15, -0.1) is 0 Å². The second kappa shape index (κ2) is 19.4. The normalized spacial score (nSPS) is 9.50. The van der Waals surface area contributed by atoms with Crippen molar-refractivity contribution in [2.45, 2.75) is 21.8 Å². The molecule has 0 atom stereocenters. The molecule has 2 radical (unpaired) electrons. The van der Waals surface area contributed by atoms with E-state index in [9.17, 15) is 0 Å². The Bertz CT molecular complexity index is 158. The topological polar surface area (TPSA) is 88.8 Å². The van der Waals surface area contributed by atoms with Crippen molar-refractivity contribution in [3.8, 4) is 0 Å². The van der Waals surface area contributed by atoms with Crippen LogP contribution in [0.1, 0.15) is 21.8 Å². The van der Waals surface area contributed by atoms with E-state index in [1.165, 1.54) is 0 Å². The van der Waals surface area contributed by atoms with Gasteiger partial charge in [-0.05, 0) is 6.92 Å². The molecule has 0 aliphatic carbocycles. The van der Waals surface area contributed by atoms with Crippen LogP contribution < -0.4 is 16.8 Å². The molecule has 5 N–H and O–H groups in total. The Kier molecular flexibility index (Phi) is 40.7. The first kappa shape index (κ1) is 29.4. The maximum absolute atomic E-state index is 5.31. The molecule has 0 heterocycles. The Hall–Kier alpha value is 0.818. The van der Waals surface area contributed by atoms with Gasteiger partial charge in [0.15, 0.2) is 5.96 Å². The summed E-state index contributed by atoms with van der Waals surface area (Å²) in [4.78, 5) is 7.19. The van der Waals surface area contributed by atoms with Crippen molar-refractivity contribution in [1.82, 2.24) is 5.32 Å². The third-order valence-electron chi connectivity index (χ3n) is 0.755. The van der Waals surface area contributed by atoms with Crippen molar-refractivity contribution in [3.63, 3.8) is 0 Å². The molecule has 0 bridgehead atoms. The Morgan fingerprint density at radius 2 is 1.64 bits per heavy atom. The summed E-state index contributed by atoms with van der Waals surface area (Å²) in [7, 11) is 3.19. The molecule has 0 aliphatic rings. The van der Waals surface area contributed by atoms with Gasteiger partial charge in [-0.3, -0.25) is 4.99 Å². The molecule has 7 heteroatoms. The molecule has 0 saturated carbocycles. The van der Waals surface area contributed by atoms with E-state index in [1.54, 1.807) is 0 Å². The molecule has 0 unspecified atom stereocenters. The summed E-state index contributed by atoms with van der Waals surface area (Å²) in [6, 6.07) is 0. The number of nitrogens with two attached hydrogens (primary N) is 2. The van der Waals surface area contributed by atoms with Crippen molar-refractivity contribution < 1.29 is 65.4 Å². The van der Waals surface area contributed by atoms with Crippen LogP contribution in [0.4, 0.5) is 0 Å². The summed E-state index contributed by atoms with van der Waals surface area (Å²) in [6.07, 6.45) is 0. The van der Waals surface area contributed by atoms with Gasteiger partial charge in [-0.2, -0.15) is 7.05 Å². The van der Waals surface area contributed by atoms with E-state index < -0.39 is 0 Å². The molecule has 0 amide bonds. The van der Waals surface area contributed by atoms with Crippen LogP contribution in [0.15, 0.2) is 9.98 Å². The zero-order valence-corrected chi connectivity index (χ0v) is 12.8. The fourth-order valence-electron chi connectivity index (χ4n) is 0.381. The summed E-state index contributed by atoms with van der Waals surface area (Å²) >= 11 is 0. The number of rotatable bonds is 1. The Labute approximate surface area is 138 Å². The molecular weight excluding hydrogens is 332 g/mol.